The summed E-state index contributed by atoms with van der Waals surface area (Å²) in [6, 6.07) is 7.92. The predicted molar refractivity (Wildman–Crippen MR) is 92.7 cm³/mol. The molecule has 5 nitrogen and oxygen atoms in total. The summed E-state index contributed by atoms with van der Waals surface area (Å²) in [4.78, 5) is 19.1. The second kappa shape index (κ2) is 6.07. The van der Waals surface area contributed by atoms with Crippen LogP contribution in [-0.4, -0.2) is 38.7 Å². The zero-order valence-electron chi connectivity index (χ0n) is 13.7. The molecule has 0 spiro atoms. The van der Waals surface area contributed by atoms with Crippen LogP contribution >= 0.6 is 0 Å². The number of hydrogen-bond donors (Lipinski definition) is 0. The van der Waals surface area contributed by atoms with Crippen LogP contribution in [0.1, 0.15) is 22.3 Å². The molecule has 3 heterocycles. The second-order valence-electron chi connectivity index (χ2n) is 6.54. The standard InChI is InChI=1S/C19H20N4O/c1-22-12-15(9-21-22)8-14-6-7-23(13-14)19(24)18-11-20-10-16-4-2-3-5-17(16)18/h2-5,9-12,14H,6-8,13H2,1H3. The first-order valence-electron chi connectivity index (χ1n) is 8.30. The number of amides is 1. The number of aryl methyl sites for hydroxylation is 1. The van der Waals surface area contributed by atoms with Gasteiger partial charge in [0.25, 0.3) is 5.91 Å². The Morgan fingerprint density at radius 2 is 2.12 bits per heavy atom. The van der Waals surface area contributed by atoms with Crippen LogP contribution in [-0.2, 0) is 13.5 Å². The van der Waals surface area contributed by atoms with Gasteiger partial charge in [0.15, 0.2) is 0 Å². The fourth-order valence-corrected chi connectivity index (χ4v) is 3.55. The Morgan fingerprint density at radius 3 is 2.96 bits per heavy atom. The summed E-state index contributed by atoms with van der Waals surface area (Å²) in [7, 11) is 1.93. The lowest BCUT2D eigenvalue weighted by molar-refractivity contribution is 0.0788. The summed E-state index contributed by atoms with van der Waals surface area (Å²) in [5.41, 5.74) is 1.94. The van der Waals surface area contributed by atoms with E-state index in [1.165, 1.54) is 5.56 Å². The highest BCUT2D eigenvalue weighted by molar-refractivity contribution is 6.06. The van der Waals surface area contributed by atoms with E-state index < -0.39 is 0 Å². The van der Waals surface area contributed by atoms with Gasteiger partial charge in [0.05, 0.1) is 11.8 Å². The van der Waals surface area contributed by atoms with E-state index in [0.717, 1.165) is 36.7 Å². The van der Waals surface area contributed by atoms with Gasteiger partial charge in [0.1, 0.15) is 0 Å². The van der Waals surface area contributed by atoms with Gasteiger partial charge in [-0.1, -0.05) is 24.3 Å². The first kappa shape index (κ1) is 14.9. The molecule has 1 fully saturated rings. The molecule has 0 saturated carbocycles. The summed E-state index contributed by atoms with van der Waals surface area (Å²) < 4.78 is 1.83. The Labute approximate surface area is 140 Å². The van der Waals surface area contributed by atoms with E-state index in [1.807, 2.05) is 47.1 Å². The van der Waals surface area contributed by atoms with E-state index in [9.17, 15) is 4.79 Å². The highest BCUT2D eigenvalue weighted by Gasteiger charge is 2.28. The minimum atomic E-state index is 0.0907. The number of fused-ring (bicyclic) bond motifs is 1. The minimum Gasteiger partial charge on any atom is -0.338 e. The highest BCUT2D eigenvalue weighted by atomic mass is 16.2. The molecule has 1 aromatic carbocycles. The maximum Gasteiger partial charge on any atom is 0.256 e. The van der Waals surface area contributed by atoms with Gasteiger partial charge in [-0.2, -0.15) is 5.10 Å². The highest BCUT2D eigenvalue weighted by Crippen LogP contribution is 2.25. The fraction of sp³-hybridized carbons (Fsp3) is 0.316. The molecule has 1 aliphatic rings. The number of nitrogens with zero attached hydrogens (tertiary/aromatic N) is 4. The lowest BCUT2D eigenvalue weighted by Gasteiger charge is -2.17. The zero-order chi connectivity index (χ0) is 16.5. The lowest BCUT2D eigenvalue weighted by Crippen LogP contribution is -2.29. The van der Waals surface area contributed by atoms with E-state index in [0.29, 0.717) is 11.5 Å². The van der Waals surface area contributed by atoms with Crippen molar-refractivity contribution in [1.82, 2.24) is 19.7 Å². The maximum atomic E-state index is 12.9. The van der Waals surface area contributed by atoms with Crippen LogP contribution < -0.4 is 0 Å². The molecule has 1 amide bonds. The summed E-state index contributed by atoms with van der Waals surface area (Å²) in [6.45, 7) is 1.62. The van der Waals surface area contributed by atoms with Gasteiger partial charge in [-0.15, -0.1) is 0 Å². The van der Waals surface area contributed by atoms with Gasteiger partial charge in [0.2, 0.25) is 0 Å². The molecule has 1 atom stereocenters. The van der Waals surface area contributed by atoms with E-state index >= 15 is 0 Å². The van der Waals surface area contributed by atoms with Crippen LogP contribution in [0.3, 0.4) is 0 Å². The number of rotatable bonds is 3. The minimum absolute atomic E-state index is 0.0907. The first-order chi connectivity index (χ1) is 11.7. The summed E-state index contributed by atoms with van der Waals surface area (Å²) in [6.07, 6.45) is 9.49. The average Bonchev–Trinajstić information content (AvgIpc) is 3.23. The van der Waals surface area contributed by atoms with Crippen molar-refractivity contribution < 1.29 is 4.79 Å². The van der Waals surface area contributed by atoms with Crippen LogP contribution in [0.5, 0.6) is 0 Å². The first-order valence-corrected chi connectivity index (χ1v) is 8.30. The summed E-state index contributed by atoms with van der Waals surface area (Å²) in [5, 5.41) is 6.21. The fourth-order valence-electron chi connectivity index (χ4n) is 3.55. The molecule has 5 heteroatoms. The molecule has 24 heavy (non-hydrogen) atoms. The largest absolute Gasteiger partial charge is 0.338 e. The van der Waals surface area contributed by atoms with Crippen LogP contribution in [0.4, 0.5) is 0 Å². The third-order valence-electron chi connectivity index (χ3n) is 4.75. The Hall–Kier alpha value is -2.69. The van der Waals surface area contributed by atoms with Crippen molar-refractivity contribution in [2.24, 2.45) is 13.0 Å². The topological polar surface area (TPSA) is 51.0 Å². The molecule has 1 aliphatic heterocycles. The number of benzene rings is 1. The van der Waals surface area contributed by atoms with Gasteiger partial charge in [0, 0.05) is 44.1 Å². The van der Waals surface area contributed by atoms with Crippen molar-refractivity contribution in [2.45, 2.75) is 12.8 Å². The van der Waals surface area contributed by atoms with Crippen molar-refractivity contribution >= 4 is 16.7 Å². The summed E-state index contributed by atoms with van der Waals surface area (Å²) >= 11 is 0. The molecule has 1 saturated heterocycles. The van der Waals surface area contributed by atoms with Gasteiger partial charge in [-0.05, 0) is 29.7 Å². The van der Waals surface area contributed by atoms with E-state index in [1.54, 1.807) is 12.4 Å². The average molecular weight is 320 g/mol. The van der Waals surface area contributed by atoms with Gasteiger partial charge >= 0.3 is 0 Å². The Balaban J connectivity index is 1.51. The molecular weight excluding hydrogens is 300 g/mol. The van der Waals surface area contributed by atoms with Crippen LogP contribution in [0.25, 0.3) is 10.8 Å². The number of pyridine rings is 1. The smallest absolute Gasteiger partial charge is 0.256 e. The third-order valence-corrected chi connectivity index (χ3v) is 4.75. The van der Waals surface area contributed by atoms with Crippen molar-refractivity contribution in [3.05, 3.63) is 60.2 Å². The van der Waals surface area contributed by atoms with E-state index in [4.69, 9.17) is 0 Å². The van der Waals surface area contributed by atoms with Crippen molar-refractivity contribution in [2.75, 3.05) is 13.1 Å². The quantitative estimate of drug-likeness (QED) is 0.745. The SMILES string of the molecule is Cn1cc(CC2CCN(C(=O)c3cncc4ccccc34)C2)cn1. The molecule has 4 rings (SSSR count). The molecule has 0 N–H and O–H groups in total. The van der Waals surface area contributed by atoms with Crippen molar-refractivity contribution in [1.29, 1.82) is 0 Å². The number of likely N-dealkylation sites (tertiary alicyclic amines) is 1. The van der Waals surface area contributed by atoms with Crippen molar-refractivity contribution in [3.8, 4) is 0 Å². The Bertz CT molecular complexity index is 880. The van der Waals surface area contributed by atoms with E-state index in [-0.39, 0.29) is 5.91 Å². The van der Waals surface area contributed by atoms with Crippen LogP contribution in [0.2, 0.25) is 0 Å². The van der Waals surface area contributed by atoms with Gasteiger partial charge < -0.3 is 4.90 Å². The molecule has 122 valence electrons. The molecule has 0 bridgehead atoms. The maximum absolute atomic E-state index is 12.9. The number of carbonyl (C=O) groups excluding carboxylic acids is 1. The van der Waals surface area contributed by atoms with Gasteiger partial charge in [-0.25, -0.2) is 0 Å². The van der Waals surface area contributed by atoms with Gasteiger partial charge in [-0.3, -0.25) is 14.5 Å². The number of hydrogen-bond acceptors (Lipinski definition) is 3. The molecule has 2 aromatic heterocycles. The van der Waals surface area contributed by atoms with E-state index in [2.05, 4.69) is 16.3 Å². The zero-order valence-corrected chi connectivity index (χ0v) is 13.7. The predicted octanol–water partition coefficient (Wildman–Crippen LogP) is 2.67. The number of aromatic nitrogens is 3. The molecule has 0 aliphatic carbocycles. The Morgan fingerprint density at radius 1 is 1.25 bits per heavy atom. The normalized spacial score (nSPS) is 17.5. The van der Waals surface area contributed by atoms with Crippen molar-refractivity contribution in [3.63, 3.8) is 0 Å². The Kier molecular flexibility index (Phi) is 3.76. The molecule has 0 radical (unpaired) electrons. The molecule has 3 aromatic rings. The summed E-state index contributed by atoms with van der Waals surface area (Å²) in [5.74, 6) is 0.592. The second-order valence-corrected chi connectivity index (χ2v) is 6.54. The lowest BCUT2D eigenvalue weighted by atomic mass is 10.0. The number of carbonyl (C=O) groups is 1. The van der Waals surface area contributed by atoms with Crippen LogP contribution in [0.15, 0.2) is 49.1 Å². The van der Waals surface area contributed by atoms with Crippen LogP contribution in [0, 0.1) is 5.92 Å². The molecule has 1 unspecified atom stereocenters. The molecular formula is C19H20N4O. The monoisotopic (exact) mass is 320 g/mol. The third kappa shape index (κ3) is 2.77.